The van der Waals surface area contributed by atoms with Crippen molar-refractivity contribution < 1.29 is 4.79 Å². The van der Waals surface area contributed by atoms with E-state index in [9.17, 15) is 4.79 Å². The highest BCUT2D eigenvalue weighted by molar-refractivity contribution is 5.96. The minimum Gasteiger partial charge on any atom is -0.364 e. The van der Waals surface area contributed by atoms with E-state index in [0.29, 0.717) is 23.6 Å². The number of carbonyl (C=O) groups is 1. The second-order valence-corrected chi connectivity index (χ2v) is 3.38. The van der Waals surface area contributed by atoms with Gasteiger partial charge in [0.05, 0.1) is 23.8 Å². The van der Waals surface area contributed by atoms with Gasteiger partial charge in [0.25, 0.3) is 5.91 Å². The van der Waals surface area contributed by atoms with Gasteiger partial charge < -0.3 is 11.1 Å². The molecule has 116 valence electrons. The van der Waals surface area contributed by atoms with E-state index in [-0.39, 0.29) is 5.69 Å². The number of anilines is 2. The maximum Gasteiger partial charge on any atom is 0.269 e. The zero-order valence-electron chi connectivity index (χ0n) is 13.3. The summed E-state index contributed by atoms with van der Waals surface area (Å²) in [5.74, 6) is -0.00959. The first-order valence-corrected chi connectivity index (χ1v) is 7.12. The van der Waals surface area contributed by atoms with Crippen molar-refractivity contribution in [1.82, 2.24) is 20.2 Å². The van der Waals surface area contributed by atoms with Crippen molar-refractivity contribution in [2.45, 2.75) is 41.0 Å². The molecule has 0 aromatic carbocycles. The lowest BCUT2D eigenvalue weighted by molar-refractivity contribution is 0.0996. The molecule has 2 aromatic rings. The van der Waals surface area contributed by atoms with Crippen molar-refractivity contribution in [3.63, 3.8) is 0 Å². The summed E-state index contributed by atoms with van der Waals surface area (Å²) in [5, 5.41) is 9.40. The zero-order chi connectivity index (χ0) is 16.3. The largest absolute Gasteiger partial charge is 0.364 e. The molecule has 0 aliphatic carbocycles. The number of nitrogens with one attached hydrogen (secondary N) is 2. The second-order valence-electron chi connectivity index (χ2n) is 3.38. The van der Waals surface area contributed by atoms with Crippen LogP contribution in [0.1, 0.15) is 50.9 Å². The molecular weight excluding hydrogens is 268 g/mol. The van der Waals surface area contributed by atoms with Crippen LogP contribution in [0.15, 0.2) is 18.6 Å². The number of H-pyrrole nitrogens is 1. The summed E-state index contributed by atoms with van der Waals surface area (Å²) < 4.78 is 0. The van der Waals surface area contributed by atoms with Crippen molar-refractivity contribution >= 4 is 17.3 Å². The fourth-order valence-electron chi connectivity index (χ4n) is 1.34. The molecule has 0 saturated carbocycles. The topological polar surface area (TPSA) is 110 Å². The standard InChI is InChI=1S/C10H12N6O.2C2H6/c1-2-8-12-5-7(9(16-8)10(11)17)15-6-3-13-14-4-6;2*1-2/h3-5,15H,2H2,1H3,(H2,11,17)(H,13,14);2*1-2H3. The number of amides is 1. The number of hydrogen-bond acceptors (Lipinski definition) is 5. The van der Waals surface area contributed by atoms with Crippen LogP contribution in [0.3, 0.4) is 0 Å². The minimum atomic E-state index is -0.590. The molecule has 0 bridgehead atoms. The third-order valence-electron chi connectivity index (χ3n) is 2.17. The molecule has 21 heavy (non-hydrogen) atoms. The van der Waals surface area contributed by atoms with Crippen LogP contribution in [-0.4, -0.2) is 26.1 Å². The summed E-state index contributed by atoms with van der Waals surface area (Å²) in [6.07, 6.45) is 5.42. The molecule has 0 aliphatic rings. The first-order valence-electron chi connectivity index (χ1n) is 7.12. The Morgan fingerprint density at radius 3 is 2.43 bits per heavy atom. The Morgan fingerprint density at radius 1 is 1.29 bits per heavy atom. The molecule has 0 aliphatic heterocycles. The SMILES string of the molecule is CC.CC.CCc1ncc(Nc2cn[nH]c2)c(C(N)=O)n1. The lowest BCUT2D eigenvalue weighted by atomic mass is 10.3. The summed E-state index contributed by atoms with van der Waals surface area (Å²) in [7, 11) is 0. The van der Waals surface area contributed by atoms with Crippen LogP contribution in [0.5, 0.6) is 0 Å². The summed E-state index contributed by atoms with van der Waals surface area (Å²) in [6.45, 7) is 9.91. The van der Waals surface area contributed by atoms with Gasteiger partial charge >= 0.3 is 0 Å². The van der Waals surface area contributed by atoms with Crippen LogP contribution in [-0.2, 0) is 6.42 Å². The number of aromatic nitrogens is 4. The third-order valence-corrected chi connectivity index (χ3v) is 2.17. The number of rotatable bonds is 4. The van der Waals surface area contributed by atoms with Gasteiger partial charge in [0, 0.05) is 12.6 Å². The number of nitrogens with zero attached hydrogens (tertiary/aromatic N) is 3. The highest BCUT2D eigenvalue weighted by atomic mass is 16.1. The van der Waals surface area contributed by atoms with Gasteiger partial charge in [-0.15, -0.1) is 0 Å². The molecule has 2 aromatic heterocycles. The van der Waals surface area contributed by atoms with Gasteiger partial charge in [0.2, 0.25) is 0 Å². The first-order chi connectivity index (χ1) is 10.2. The van der Waals surface area contributed by atoms with E-state index in [1.54, 1.807) is 18.6 Å². The third kappa shape index (κ3) is 5.60. The van der Waals surface area contributed by atoms with Gasteiger partial charge in [-0.25, -0.2) is 9.97 Å². The van der Waals surface area contributed by atoms with Gasteiger partial charge in [-0.3, -0.25) is 9.89 Å². The number of nitrogens with two attached hydrogens (primary N) is 1. The maximum atomic E-state index is 11.3. The fraction of sp³-hybridized carbons (Fsp3) is 0.429. The van der Waals surface area contributed by atoms with E-state index >= 15 is 0 Å². The molecular formula is C14H24N6O. The molecule has 7 heteroatoms. The Bertz CT molecular complexity index is 524. The Morgan fingerprint density at radius 2 is 1.95 bits per heavy atom. The zero-order valence-corrected chi connectivity index (χ0v) is 13.3. The molecule has 0 spiro atoms. The minimum absolute atomic E-state index is 0.179. The molecule has 0 saturated heterocycles. The highest BCUT2D eigenvalue weighted by Crippen LogP contribution is 2.17. The Kier molecular flexibility index (Phi) is 9.16. The van der Waals surface area contributed by atoms with Gasteiger partial charge in [0.15, 0.2) is 5.69 Å². The number of primary amides is 1. The summed E-state index contributed by atoms with van der Waals surface area (Å²) in [6, 6.07) is 0. The molecule has 7 nitrogen and oxygen atoms in total. The van der Waals surface area contributed by atoms with E-state index < -0.39 is 5.91 Å². The van der Waals surface area contributed by atoms with Crippen LogP contribution in [0, 0.1) is 0 Å². The van der Waals surface area contributed by atoms with E-state index in [4.69, 9.17) is 5.73 Å². The van der Waals surface area contributed by atoms with Crippen molar-refractivity contribution in [3.8, 4) is 0 Å². The molecule has 1 amide bonds. The number of aryl methyl sites for hydroxylation is 1. The monoisotopic (exact) mass is 292 g/mol. The summed E-state index contributed by atoms with van der Waals surface area (Å²) >= 11 is 0. The smallest absolute Gasteiger partial charge is 0.269 e. The average molecular weight is 292 g/mol. The van der Waals surface area contributed by atoms with Crippen LogP contribution in [0.4, 0.5) is 11.4 Å². The number of hydrogen-bond donors (Lipinski definition) is 3. The van der Waals surface area contributed by atoms with Crippen molar-refractivity contribution in [1.29, 1.82) is 0 Å². The molecule has 2 heterocycles. The van der Waals surface area contributed by atoms with E-state index in [1.807, 2.05) is 34.6 Å². The van der Waals surface area contributed by atoms with Crippen molar-refractivity contribution in [3.05, 3.63) is 30.1 Å². The average Bonchev–Trinajstić information content (AvgIpc) is 3.04. The first kappa shape index (κ1) is 18.6. The van der Waals surface area contributed by atoms with Gasteiger partial charge in [-0.05, 0) is 0 Å². The molecule has 2 rings (SSSR count). The quantitative estimate of drug-likeness (QED) is 0.802. The maximum absolute atomic E-state index is 11.3. The van der Waals surface area contributed by atoms with E-state index in [0.717, 1.165) is 0 Å². The van der Waals surface area contributed by atoms with Crippen molar-refractivity contribution in [2.75, 3.05) is 5.32 Å². The summed E-state index contributed by atoms with van der Waals surface area (Å²) in [5.41, 5.74) is 6.63. The van der Waals surface area contributed by atoms with Gasteiger partial charge in [-0.1, -0.05) is 34.6 Å². The number of aromatic amines is 1. The van der Waals surface area contributed by atoms with Gasteiger partial charge in [0.1, 0.15) is 5.82 Å². The number of carbonyl (C=O) groups excluding carboxylic acids is 1. The van der Waals surface area contributed by atoms with E-state index in [1.165, 1.54) is 0 Å². The molecule has 0 atom stereocenters. The summed E-state index contributed by atoms with van der Waals surface area (Å²) in [4.78, 5) is 19.5. The Labute approximate surface area is 125 Å². The van der Waals surface area contributed by atoms with Crippen LogP contribution in [0.2, 0.25) is 0 Å². The van der Waals surface area contributed by atoms with Crippen molar-refractivity contribution in [2.24, 2.45) is 5.73 Å². The molecule has 0 radical (unpaired) electrons. The van der Waals surface area contributed by atoms with Gasteiger partial charge in [-0.2, -0.15) is 5.10 Å². The van der Waals surface area contributed by atoms with Crippen LogP contribution < -0.4 is 11.1 Å². The Hall–Kier alpha value is -2.44. The lowest BCUT2D eigenvalue weighted by Crippen LogP contribution is -2.17. The predicted octanol–water partition coefficient (Wildman–Crippen LogP) is 2.66. The normalized spacial score (nSPS) is 8.81. The molecule has 0 fully saturated rings. The van der Waals surface area contributed by atoms with E-state index in [2.05, 4.69) is 25.5 Å². The lowest BCUT2D eigenvalue weighted by Gasteiger charge is -2.07. The Balaban J connectivity index is 0.000000921. The molecule has 4 N–H and O–H groups in total. The second kappa shape index (κ2) is 10.4. The molecule has 0 unspecified atom stereocenters. The van der Waals surface area contributed by atoms with Crippen LogP contribution in [0.25, 0.3) is 0 Å². The highest BCUT2D eigenvalue weighted by Gasteiger charge is 2.12. The predicted molar refractivity (Wildman–Crippen MR) is 84.5 cm³/mol. The fourth-order valence-corrected chi connectivity index (χ4v) is 1.34. The van der Waals surface area contributed by atoms with Crippen LogP contribution >= 0.6 is 0 Å².